The number of thiophene rings is 1. The van der Waals surface area contributed by atoms with E-state index in [-0.39, 0.29) is 5.78 Å². The van der Waals surface area contributed by atoms with Crippen LogP contribution in [0.25, 0.3) is 0 Å². The molecular weight excluding hydrogens is 278 g/mol. The Morgan fingerprint density at radius 1 is 1.24 bits per heavy atom. The summed E-state index contributed by atoms with van der Waals surface area (Å²) in [5, 5.41) is 2.11. The first-order valence-electron chi connectivity index (χ1n) is 7.39. The molecule has 0 fully saturated rings. The van der Waals surface area contributed by atoms with Gasteiger partial charge in [-0.3, -0.25) is 4.79 Å². The number of carbonyl (C=O) groups is 1. The van der Waals surface area contributed by atoms with E-state index < -0.39 is 0 Å². The van der Waals surface area contributed by atoms with Crippen LogP contribution in [-0.2, 0) is 6.42 Å². The van der Waals surface area contributed by atoms with Gasteiger partial charge < -0.3 is 4.90 Å². The predicted octanol–water partition coefficient (Wildman–Crippen LogP) is 4.19. The molecule has 0 N–H and O–H groups in total. The van der Waals surface area contributed by atoms with Gasteiger partial charge in [-0.15, -0.1) is 11.3 Å². The zero-order valence-corrected chi connectivity index (χ0v) is 13.8. The van der Waals surface area contributed by atoms with Crippen LogP contribution in [-0.4, -0.2) is 30.3 Å². The van der Waals surface area contributed by atoms with Crippen LogP contribution in [0.4, 0.5) is 0 Å². The van der Waals surface area contributed by atoms with Gasteiger partial charge in [-0.25, -0.2) is 0 Å². The standard InChI is InChI=1S/C18H23NOS/c1-14-7-4-5-9-17(14)18(20)10-11-19(3)15(2)13-16-8-6-12-21-16/h4-9,12,15H,10-11,13H2,1-3H3. The average Bonchev–Trinajstić information content (AvgIpc) is 2.97. The Kier molecular flexibility index (Phi) is 5.71. The van der Waals surface area contributed by atoms with Crippen molar-refractivity contribution in [2.45, 2.75) is 32.7 Å². The van der Waals surface area contributed by atoms with Crippen molar-refractivity contribution in [1.82, 2.24) is 4.90 Å². The van der Waals surface area contributed by atoms with Crippen LogP contribution in [0.2, 0.25) is 0 Å². The van der Waals surface area contributed by atoms with Crippen LogP contribution >= 0.6 is 11.3 Å². The molecule has 3 heteroatoms. The van der Waals surface area contributed by atoms with Crippen molar-refractivity contribution in [2.75, 3.05) is 13.6 Å². The lowest BCUT2D eigenvalue weighted by atomic mass is 10.0. The summed E-state index contributed by atoms with van der Waals surface area (Å²) in [5.74, 6) is 0.239. The maximum atomic E-state index is 12.3. The molecule has 2 aromatic rings. The third kappa shape index (κ3) is 4.51. The first kappa shape index (κ1) is 15.9. The van der Waals surface area contributed by atoms with Crippen molar-refractivity contribution in [3.63, 3.8) is 0 Å². The Hall–Kier alpha value is -1.45. The largest absolute Gasteiger partial charge is 0.303 e. The summed E-state index contributed by atoms with van der Waals surface area (Å²) in [6.45, 7) is 5.02. The van der Waals surface area contributed by atoms with Crippen LogP contribution in [0, 0.1) is 6.92 Å². The Bertz CT molecular complexity index is 577. The summed E-state index contributed by atoms with van der Waals surface area (Å²) in [5.41, 5.74) is 1.92. The molecule has 0 amide bonds. The van der Waals surface area contributed by atoms with Gasteiger partial charge >= 0.3 is 0 Å². The van der Waals surface area contributed by atoms with E-state index in [1.807, 2.05) is 31.2 Å². The van der Waals surface area contributed by atoms with E-state index in [1.165, 1.54) is 4.88 Å². The first-order valence-corrected chi connectivity index (χ1v) is 8.27. The summed E-state index contributed by atoms with van der Waals surface area (Å²) in [7, 11) is 2.10. The fourth-order valence-electron chi connectivity index (χ4n) is 2.39. The molecule has 1 unspecified atom stereocenters. The molecule has 1 atom stereocenters. The van der Waals surface area contributed by atoms with Crippen LogP contribution in [0.15, 0.2) is 41.8 Å². The second-order valence-corrected chi connectivity index (χ2v) is 6.63. The van der Waals surface area contributed by atoms with Crippen molar-refractivity contribution < 1.29 is 4.79 Å². The third-order valence-electron chi connectivity index (χ3n) is 3.97. The van der Waals surface area contributed by atoms with E-state index in [9.17, 15) is 4.79 Å². The van der Waals surface area contributed by atoms with Gasteiger partial charge in [-0.05, 0) is 44.3 Å². The molecule has 0 radical (unpaired) electrons. The third-order valence-corrected chi connectivity index (χ3v) is 4.86. The Morgan fingerprint density at radius 3 is 2.67 bits per heavy atom. The zero-order valence-electron chi connectivity index (χ0n) is 13.0. The van der Waals surface area contributed by atoms with Gasteiger partial charge in [0.25, 0.3) is 0 Å². The number of aryl methyl sites for hydroxylation is 1. The number of benzene rings is 1. The number of carbonyl (C=O) groups excluding carboxylic acids is 1. The molecule has 0 saturated carbocycles. The molecular formula is C18H23NOS. The van der Waals surface area contributed by atoms with Gasteiger partial charge in [0.1, 0.15) is 0 Å². The highest BCUT2D eigenvalue weighted by Gasteiger charge is 2.14. The molecule has 1 aromatic heterocycles. The molecule has 2 nitrogen and oxygen atoms in total. The first-order chi connectivity index (χ1) is 10.1. The maximum Gasteiger partial charge on any atom is 0.164 e. The number of ketones is 1. The van der Waals surface area contributed by atoms with Crippen molar-refractivity contribution in [2.24, 2.45) is 0 Å². The topological polar surface area (TPSA) is 20.3 Å². The molecule has 0 aliphatic heterocycles. The van der Waals surface area contributed by atoms with Crippen LogP contribution in [0.5, 0.6) is 0 Å². The van der Waals surface area contributed by atoms with Crippen LogP contribution in [0.1, 0.15) is 34.1 Å². The van der Waals surface area contributed by atoms with E-state index in [1.54, 1.807) is 11.3 Å². The summed E-state index contributed by atoms with van der Waals surface area (Å²) >= 11 is 1.80. The highest BCUT2D eigenvalue weighted by atomic mass is 32.1. The monoisotopic (exact) mass is 301 g/mol. The molecule has 1 aromatic carbocycles. The van der Waals surface area contributed by atoms with Crippen molar-refractivity contribution >= 4 is 17.1 Å². The summed E-state index contributed by atoms with van der Waals surface area (Å²) in [6, 6.07) is 12.5. The maximum absolute atomic E-state index is 12.3. The predicted molar refractivity (Wildman–Crippen MR) is 90.2 cm³/mol. The number of Topliss-reactive ketones (excluding diaryl/α,β-unsaturated/α-hetero) is 1. The normalized spacial score (nSPS) is 12.6. The quantitative estimate of drug-likeness (QED) is 0.715. The van der Waals surface area contributed by atoms with Gasteiger partial charge in [-0.2, -0.15) is 0 Å². The van der Waals surface area contributed by atoms with Crippen LogP contribution in [0.3, 0.4) is 0 Å². The summed E-state index contributed by atoms with van der Waals surface area (Å²) in [6.07, 6.45) is 1.63. The van der Waals surface area contributed by atoms with Gasteiger partial charge in [-0.1, -0.05) is 30.3 Å². The summed E-state index contributed by atoms with van der Waals surface area (Å²) < 4.78 is 0. The molecule has 21 heavy (non-hydrogen) atoms. The molecule has 1 heterocycles. The average molecular weight is 301 g/mol. The van der Waals surface area contributed by atoms with Crippen molar-refractivity contribution in [3.05, 3.63) is 57.8 Å². The molecule has 0 bridgehead atoms. The van der Waals surface area contributed by atoms with Gasteiger partial charge in [0.05, 0.1) is 0 Å². The minimum Gasteiger partial charge on any atom is -0.303 e. The Balaban J connectivity index is 1.84. The number of nitrogens with zero attached hydrogens (tertiary/aromatic N) is 1. The molecule has 112 valence electrons. The number of hydrogen-bond donors (Lipinski definition) is 0. The van der Waals surface area contributed by atoms with E-state index in [4.69, 9.17) is 0 Å². The molecule has 0 aliphatic carbocycles. The molecule has 0 spiro atoms. The summed E-state index contributed by atoms with van der Waals surface area (Å²) in [4.78, 5) is 16.0. The number of likely N-dealkylation sites (N-methyl/N-ethyl adjacent to an activating group) is 1. The van der Waals surface area contributed by atoms with E-state index in [2.05, 4.69) is 36.4 Å². The fraction of sp³-hybridized carbons (Fsp3) is 0.389. The molecule has 0 aliphatic rings. The smallest absolute Gasteiger partial charge is 0.164 e. The Morgan fingerprint density at radius 2 is 2.00 bits per heavy atom. The van der Waals surface area contributed by atoms with Crippen molar-refractivity contribution in [3.8, 4) is 0 Å². The minimum absolute atomic E-state index is 0.239. The Labute approximate surface area is 131 Å². The van der Waals surface area contributed by atoms with Crippen molar-refractivity contribution in [1.29, 1.82) is 0 Å². The second kappa shape index (κ2) is 7.53. The highest BCUT2D eigenvalue weighted by molar-refractivity contribution is 7.09. The van der Waals surface area contributed by atoms with Crippen LogP contribution < -0.4 is 0 Å². The number of hydrogen-bond acceptors (Lipinski definition) is 3. The van der Waals surface area contributed by atoms with Gasteiger partial charge in [0.2, 0.25) is 0 Å². The highest BCUT2D eigenvalue weighted by Crippen LogP contribution is 2.15. The lowest BCUT2D eigenvalue weighted by Crippen LogP contribution is -2.32. The SMILES string of the molecule is Cc1ccccc1C(=O)CCN(C)C(C)Cc1cccs1. The molecule has 2 rings (SSSR count). The molecule has 0 saturated heterocycles. The van der Waals surface area contributed by atoms with E-state index >= 15 is 0 Å². The van der Waals surface area contributed by atoms with E-state index in [0.717, 1.165) is 24.1 Å². The minimum atomic E-state index is 0.239. The number of rotatable bonds is 7. The van der Waals surface area contributed by atoms with Gasteiger partial charge in [0, 0.05) is 29.4 Å². The fourth-order valence-corrected chi connectivity index (χ4v) is 3.22. The zero-order chi connectivity index (χ0) is 15.2. The van der Waals surface area contributed by atoms with Gasteiger partial charge in [0.15, 0.2) is 5.78 Å². The lowest BCUT2D eigenvalue weighted by Gasteiger charge is -2.24. The lowest BCUT2D eigenvalue weighted by molar-refractivity contribution is 0.0961. The van der Waals surface area contributed by atoms with E-state index in [0.29, 0.717) is 12.5 Å². The second-order valence-electron chi connectivity index (χ2n) is 5.60.